The summed E-state index contributed by atoms with van der Waals surface area (Å²) in [5.41, 5.74) is 1.46. The van der Waals surface area contributed by atoms with Gasteiger partial charge in [0.05, 0.1) is 0 Å². The average Bonchev–Trinajstić information content (AvgIpc) is 2.08. The molecule has 0 atom stereocenters. The van der Waals surface area contributed by atoms with Crippen molar-refractivity contribution in [3.8, 4) is 0 Å². The van der Waals surface area contributed by atoms with Crippen LogP contribution in [-0.2, 0) is 0 Å². The van der Waals surface area contributed by atoms with E-state index >= 15 is 0 Å². The highest BCUT2D eigenvalue weighted by atomic mass is 16.0. The standard InChI is InChI=1S/C13H24.H2O/c1-10(2)12(4)9-13-7-5-11(3)6-8-13;/h10-11,13H,4-9H2,1-3H3;1H2. The highest BCUT2D eigenvalue weighted by Gasteiger charge is 2.19. The van der Waals surface area contributed by atoms with Crippen LogP contribution in [0.3, 0.4) is 0 Å². The van der Waals surface area contributed by atoms with Crippen molar-refractivity contribution in [3.63, 3.8) is 0 Å². The lowest BCUT2D eigenvalue weighted by Gasteiger charge is -2.27. The van der Waals surface area contributed by atoms with E-state index < -0.39 is 0 Å². The van der Waals surface area contributed by atoms with Gasteiger partial charge in [-0.3, -0.25) is 0 Å². The summed E-state index contributed by atoms with van der Waals surface area (Å²) in [4.78, 5) is 0. The van der Waals surface area contributed by atoms with Gasteiger partial charge >= 0.3 is 0 Å². The first-order valence-corrected chi connectivity index (χ1v) is 5.77. The van der Waals surface area contributed by atoms with E-state index in [-0.39, 0.29) is 5.48 Å². The van der Waals surface area contributed by atoms with Gasteiger partial charge < -0.3 is 5.48 Å². The van der Waals surface area contributed by atoms with Crippen LogP contribution < -0.4 is 0 Å². The molecule has 0 bridgehead atoms. The van der Waals surface area contributed by atoms with E-state index in [2.05, 4.69) is 27.4 Å². The van der Waals surface area contributed by atoms with Gasteiger partial charge in [-0.1, -0.05) is 45.8 Å². The van der Waals surface area contributed by atoms with Crippen LogP contribution in [0.25, 0.3) is 0 Å². The Morgan fingerprint density at radius 1 is 1.21 bits per heavy atom. The second-order valence-electron chi connectivity index (χ2n) is 5.14. The third kappa shape index (κ3) is 4.28. The second-order valence-corrected chi connectivity index (χ2v) is 5.14. The molecular formula is C13H26O. The fourth-order valence-corrected chi connectivity index (χ4v) is 2.14. The zero-order chi connectivity index (χ0) is 9.84. The van der Waals surface area contributed by atoms with E-state index in [0.29, 0.717) is 5.92 Å². The first-order chi connectivity index (χ1) is 6.09. The third-order valence-electron chi connectivity index (χ3n) is 3.50. The van der Waals surface area contributed by atoms with Crippen molar-refractivity contribution in [1.29, 1.82) is 0 Å². The van der Waals surface area contributed by atoms with Crippen molar-refractivity contribution in [2.24, 2.45) is 17.8 Å². The Balaban J connectivity index is 0.00000169. The molecule has 1 aliphatic rings. The topological polar surface area (TPSA) is 31.5 Å². The molecule has 0 spiro atoms. The molecule has 1 heteroatoms. The Kier molecular flexibility index (Phi) is 6.10. The minimum atomic E-state index is 0. The molecule has 14 heavy (non-hydrogen) atoms. The summed E-state index contributed by atoms with van der Waals surface area (Å²) in [7, 11) is 0. The maximum Gasteiger partial charge on any atom is -0.0263 e. The zero-order valence-electron chi connectivity index (χ0n) is 9.97. The minimum Gasteiger partial charge on any atom is -0.412 e. The number of hydrogen-bond donors (Lipinski definition) is 0. The maximum absolute atomic E-state index is 4.17. The SMILES string of the molecule is C=C(CC1CCC(C)CC1)C(C)C.O. The van der Waals surface area contributed by atoms with Crippen molar-refractivity contribution in [1.82, 2.24) is 0 Å². The molecule has 0 aromatic carbocycles. The smallest absolute Gasteiger partial charge is 0.0263 e. The highest BCUT2D eigenvalue weighted by molar-refractivity contribution is 4.99. The summed E-state index contributed by atoms with van der Waals surface area (Å²) in [6, 6.07) is 0. The molecule has 0 aromatic heterocycles. The largest absolute Gasteiger partial charge is 0.412 e. The van der Waals surface area contributed by atoms with Gasteiger partial charge in [0.25, 0.3) is 0 Å². The maximum atomic E-state index is 4.17. The van der Waals surface area contributed by atoms with E-state index in [1.807, 2.05) is 0 Å². The average molecular weight is 198 g/mol. The van der Waals surface area contributed by atoms with Gasteiger partial charge in [-0.25, -0.2) is 0 Å². The number of hydrogen-bond acceptors (Lipinski definition) is 0. The predicted molar refractivity (Wildman–Crippen MR) is 63.3 cm³/mol. The van der Waals surface area contributed by atoms with Crippen LogP contribution in [0, 0.1) is 17.8 Å². The van der Waals surface area contributed by atoms with E-state index in [9.17, 15) is 0 Å². The molecule has 0 unspecified atom stereocenters. The molecule has 1 aliphatic carbocycles. The molecule has 0 radical (unpaired) electrons. The fourth-order valence-electron chi connectivity index (χ4n) is 2.14. The summed E-state index contributed by atoms with van der Waals surface area (Å²) < 4.78 is 0. The van der Waals surface area contributed by atoms with Crippen LogP contribution >= 0.6 is 0 Å². The minimum absolute atomic E-state index is 0. The Morgan fingerprint density at radius 3 is 2.14 bits per heavy atom. The zero-order valence-corrected chi connectivity index (χ0v) is 9.97. The van der Waals surface area contributed by atoms with Gasteiger partial charge in [-0.05, 0) is 37.0 Å². The molecule has 1 rings (SSSR count). The van der Waals surface area contributed by atoms with Crippen LogP contribution in [0.2, 0.25) is 0 Å². The van der Waals surface area contributed by atoms with E-state index in [1.54, 1.807) is 0 Å². The van der Waals surface area contributed by atoms with E-state index in [0.717, 1.165) is 11.8 Å². The summed E-state index contributed by atoms with van der Waals surface area (Å²) in [5.74, 6) is 2.61. The molecular weight excluding hydrogens is 172 g/mol. The summed E-state index contributed by atoms with van der Waals surface area (Å²) in [6.07, 6.45) is 7.04. The number of rotatable bonds is 3. The monoisotopic (exact) mass is 198 g/mol. The highest BCUT2D eigenvalue weighted by Crippen LogP contribution is 2.33. The van der Waals surface area contributed by atoms with E-state index in [4.69, 9.17) is 0 Å². The van der Waals surface area contributed by atoms with Crippen molar-refractivity contribution in [2.45, 2.75) is 52.9 Å². The molecule has 84 valence electrons. The lowest BCUT2D eigenvalue weighted by atomic mass is 9.79. The Morgan fingerprint density at radius 2 is 1.71 bits per heavy atom. The van der Waals surface area contributed by atoms with Gasteiger partial charge in [0, 0.05) is 0 Å². The summed E-state index contributed by atoms with van der Waals surface area (Å²) in [5, 5.41) is 0. The van der Waals surface area contributed by atoms with Crippen molar-refractivity contribution >= 4 is 0 Å². The molecule has 1 fully saturated rings. The Bertz CT molecular complexity index is 164. The van der Waals surface area contributed by atoms with Gasteiger partial charge in [0.2, 0.25) is 0 Å². The predicted octanol–water partition coefficient (Wildman–Crippen LogP) is 3.59. The summed E-state index contributed by atoms with van der Waals surface area (Å²) >= 11 is 0. The van der Waals surface area contributed by atoms with Crippen molar-refractivity contribution < 1.29 is 5.48 Å². The first kappa shape index (κ1) is 13.7. The third-order valence-corrected chi connectivity index (χ3v) is 3.50. The molecule has 0 aliphatic heterocycles. The van der Waals surface area contributed by atoms with Crippen LogP contribution in [0.4, 0.5) is 0 Å². The van der Waals surface area contributed by atoms with Gasteiger partial charge in [0.1, 0.15) is 0 Å². The molecule has 0 saturated heterocycles. The molecule has 0 heterocycles. The molecule has 2 N–H and O–H groups in total. The van der Waals surface area contributed by atoms with Gasteiger partial charge in [0.15, 0.2) is 0 Å². The van der Waals surface area contributed by atoms with Gasteiger partial charge in [-0.15, -0.1) is 0 Å². The summed E-state index contributed by atoms with van der Waals surface area (Å²) in [6.45, 7) is 11.1. The Hall–Kier alpha value is -0.300. The lowest BCUT2D eigenvalue weighted by Crippen LogP contribution is -2.13. The molecule has 1 nitrogen and oxygen atoms in total. The normalized spacial score (nSPS) is 27.1. The van der Waals surface area contributed by atoms with Gasteiger partial charge in [-0.2, -0.15) is 0 Å². The quantitative estimate of drug-likeness (QED) is 0.621. The molecule has 0 aromatic rings. The van der Waals surface area contributed by atoms with Crippen LogP contribution in [-0.4, -0.2) is 5.48 Å². The van der Waals surface area contributed by atoms with Crippen molar-refractivity contribution in [3.05, 3.63) is 12.2 Å². The van der Waals surface area contributed by atoms with Crippen LogP contribution in [0.5, 0.6) is 0 Å². The van der Waals surface area contributed by atoms with Crippen molar-refractivity contribution in [2.75, 3.05) is 0 Å². The molecule has 1 saturated carbocycles. The Labute approximate surface area is 88.9 Å². The molecule has 0 amide bonds. The van der Waals surface area contributed by atoms with Crippen LogP contribution in [0.1, 0.15) is 52.9 Å². The van der Waals surface area contributed by atoms with E-state index in [1.165, 1.54) is 37.7 Å². The van der Waals surface area contributed by atoms with Crippen LogP contribution in [0.15, 0.2) is 12.2 Å². The number of allylic oxidation sites excluding steroid dienone is 1. The second kappa shape index (κ2) is 6.23. The first-order valence-electron chi connectivity index (χ1n) is 5.77. The fraction of sp³-hybridized carbons (Fsp3) is 0.846. The lowest BCUT2D eigenvalue weighted by molar-refractivity contribution is 0.285.